The van der Waals surface area contributed by atoms with Crippen LogP contribution in [-0.4, -0.2) is 17.0 Å². The molecule has 4 heteroatoms. The van der Waals surface area contributed by atoms with E-state index in [0.717, 1.165) is 6.20 Å². The van der Waals surface area contributed by atoms with Crippen LogP contribution in [0, 0.1) is 0 Å². The lowest BCUT2D eigenvalue weighted by atomic mass is 10.5. The molecule has 0 N–H and O–H groups in total. The van der Waals surface area contributed by atoms with E-state index in [4.69, 9.17) is 6.85 Å². The SMILES string of the molecule is [2H]C([2H])([2H])OC([2H])([2H])c1cncc(Br)n1. The Morgan fingerprint density at radius 2 is 2.80 bits per heavy atom. The molecule has 0 atom stereocenters. The fraction of sp³-hybridized carbons (Fsp3) is 0.333. The zero-order valence-corrected chi connectivity index (χ0v) is 6.42. The average molecular weight is 208 g/mol. The van der Waals surface area contributed by atoms with E-state index in [2.05, 4.69) is 30.6 Å². The highest BCUT2D eigenvalue weighted by atomic mass is 79.9. The molecular weight excluding hydrogens is 196 g/mol. The highest BCUT2D eigenvalue weighted by Crippen LogP contribution is 2.03. The molecule has 10 heavy (non-hydrogen) atoms. The molecule has 0 saturated heterocycles. The van der Waals surface area contributed by atoms with Crippen molar-refractivity contribution in [2.24, 2.45) is 0 Å². The van der Waals surface area contributed by atoms with Crippen LogP contribution >= 0.6 is 15.9 Å². The maximum atomic E-state index is 7.38. The molecule has 3 nitrogen and oxygen atoms in total. The van der Waals surface area contributed by atoms with Gasteiger partial charge >= 0.3 is 0 Å². The fourth-order valence-electron chi connectivity index (χ4n) is 0.444. The van der Waals surface area contributed by atoms with Crippen LogP contribution in [0.15, 0.2) is 17.0 Å². The molecular formula is C6H7BrN2O. The molecule has 0 spiro atoms. The Labute approximate surface area is 74.6 Å². The topological polar surface area (TPSA) is 35.0 Å². The van der Waals surface area contributed by atoms with Crippen molar-refractivity contribution in [2.45, 2.75) is 6.56 Å². The third-order valence-electron chi connectivity index (χ3n) is 0.761. The van der Waals surface area contributed by atoms with E-state index in [1.807, 2.05) is 0 Å². The molecule has 1 rings (SSSR count). The smallest absolute Gasteiger partial charge is 0.124 e. The number of aromatic nitrogens is 2. The summed E-state index contributed by atoms with van der Waals surface area (Å²) in [5, 5.41) is 0. The number of halogens is 1. The maximum absolute atomic E-state index is 7.38. The van der Waals surface area contributed by atoms with E-state index in [1.165, 1.54) is 6.20 Å². The third-order valence-corrected chi connectivity index (χ3v) is 1.14. The molecule has 0 aliphatic carbocycles. The van der Waals surface area contributed by atoms with Crippen molar-refractivity contribution in [2.75, 3.05) is 7.04 Å². The summed E-state index contributed by atoms with van der Waals surface area (Å²) in [5.74, 6) is 0. The van der Waals surface area contributed by atoms with E-state index >= 15 is 0 Å². The number of nitrogens with zero attached hydrogens (tertiary/aromatic N) is 2. The van der Waals surface area contributed by atoms with Gasteiger partial charge in [0.2, 0.25) is 0 Å². The Bertz CT molecular complexity index is 356. The number of rotatable bonds is 2. The van der Waals surface area contributed by atoms with Gasteiger partial charge in [-0.3, -0.25) is 4.98 Å². The van der Waals surface area contributed by atoms with E-state index in [9.17, 15) is 0 Å². The minimum Gasteiger partial charge on any atom is -0.378 e. The second-order valence-electron chi connectivity index (χ2n) is 1.43. The Balaban J connectivity index is 2.95. The highest BCUT2D eigenvalue weighted by Gasteiger charge is 1.93. The van der Waals surface area contributed by atoms with Gasteiger partial charge < -0.3 is 4.74 Å². The molecule has 0 aliphatic heterocycles. The van der Waals surface area contributed by atoms with Crippen molar-refractivity contribution in [1.29, 1.82) is 0 Å². The zero-order valence-electron chi connectivity index (χ0n) is 9.84. The van der Waals surface area contributed by atoms with Crippen LogP contribution in [0.2, 0.25) is 0 Å². The van der Waals surface area contributed by atoms with Crippen molar-refractivity contribution in [3.63, 3.8) is 0 Å². The van der Waals surface area contributed by atoms with Gasteiger partial charge in [-0.05, 0) is 15.9 Å². The lowest BCUT2D eigenvalue weighted by Crippen LogP contribution is -1.92. The van der Waals surface area contributed by atoms with Gasteiger partial charge in [0.15, 0.2) is 0 Å². The van der Waals surface area contributed by atoms with E-state index in [1.54, 1.807) is 0 Å². The summed E-state index contributed by atoms with van der Waals surface area (Å²) >= 11 is 3.00. The van der Waals surface area contributed by atoms with Crippen molar-refractivity contribution < 1.29 is 11.6 Å². The Morgan fingerprint density at radius 1 is 1.90 bits per heavy atom. The third kappa shape index (κ3) is 2.04. The van der Waals surface area contributed by atoms with Gasteiger partial charge in [-0.1, -0.05) is 0 Å². The molecule has 1 aromatic rings. The Morgan fingerprint density at radius 3 is 3.50 bits per heavy atom. The quantitative estimate of drug-likeness (QED) is 0.736. The largest absolute Gasteiger partial charge is 0.378 e. The number of hydrogen-bond acceptors (Lipinski definition) is 3. The average Bonchev–Trinajstić information content (AvgIpc) is 1.99. The minimum atomic E-state index is -2.83. The lowest BCUT2D eigenvalue weighted by molar-refractivity contribution is 0.181. The lowest BCUT2D eigenvalue weighted by Gasteiger charge is -1.96. The van der Waals surface area contributed by atoms with Gasteiger partial charge in [0, 0.05) is 7.04 Å². The molecule has 0 amide bonds. The molecule has 0 bridgehead atoms. The van der Waals surface area contributed by atoms with Crippen molar-refractivity contribution >= 4 is 15.9 Å². The second-order valence-corrected chi connectivity index (χ2v) is 2.24. The summed E-state index contributed by atoms with van der Waals surface area (Å²) in [7, 11) is -2.83. The first kappa shape index (κ1) is 3.28. The summed E-state index contributed by atoms with van der Waals surface area (Å²) in [4.78, 5) is 7.40. The number of hydrogen-bond donors (Lipinski definition) is 0. The molecule has 0 aromatic carbocycles. The summed E-state index contributed by atoms with van der Waals surface area (Å²) in [6, 6.07) is 0. The molecule has 1 heterocycles. The van der Waals surface area contributed by atoms with Gasteiger partial charge in [0.05, 0.1) is 31.5 Å². The van der Waals surface area contributed by atoms with Gasteiger partial charge in [-0.2, -0.15) is 0 Å². The first-order valence-electron chi connectivity index (χ1n) is 4.89. The number of ether oxygens (including phenoxy) is 1. The van der Waals surface area contributed by atoms with Crippen molar-refractivity contribution in [1.82, 2.24) is 9.97 Å². The van der Waals surface area contributed by atoms with Gasteiger partial charge in [-0.15, -0.1) is 0 Å². The minimum absolute atomic E-state index is 0.201. The van der Waals surface area contributed by atoms with Crippen LogP contribution in [0.4, 0.5) is 0 Å². The van der Waals surface area contributed by atoms with Crippen LogP contribution in [0.5, 0.6) is 0 Å². The van der Waals surface area contributed by atoms with Crippen LogP contribution < -0.4 is 0 Å². The molecule has 0 unspecified atom stereocenters. The monoisotopic (exact) mass is 207 g/mol. The van der Waals surface area contributed by atoms with Gasteiger partial charge in [0.25, 0.3) is 0 Å². The van der Waals surface area contributed by atoms with Crippen LogP contribution in [0.25, 0.3) is 0 Å². The van der Waals surface area contributed by atoms with Gasteiger partial charge in [-0.25, -0.2) is 4.98 Å². The molecule has 0 saturated carbocycles. The first-order chi connectivity index (χ1) is 6.71. The van der Waals surface area contributed by atoms with Crippen molar-refractivity contribution in [3.8, 4) is 0 Å². The van der Waals surface area contributed by atoms with Gasteiger partial charge in [0.1, 0.15) is 4.60 Å². The van der Waals surface area contributed by atoms with E-state index in [0.29, 0.717) is 4.60 Å². The summed E-state index contributed by atoms with van der Waals surface area (Å²) in [6.45, 7) is -2.50. The fourth-order valence-corrected chi connectivity index (χ4v) is 0.753. The molecule has 54 valence electrons. The summed E-state index contributed by atoms with van der Waals surface area (Å²) < 4.78 is 39.7. The maximum Gasteiger partial charge on any atom is 0.124 e. The summed E-state index contributed by atoms with van der Waals surface area (Å²) in [6.07, 6.45) is 2.46. The standard InChI is InChI=1S/C6H7BrN2O/c1-10-4-5-2-8-3-6(7)9-5/h2-3H,4H2,1H3/i1D3,4D2. The molecule has 0 fully saturated rings. The van der Waals surface area contributed by atoms with Crippen LogP contribution in [0.3, 0.4) is 0 Å². The van der Waals surface area contributed by atoms with E-state index < -0.39 is 13.6 Å². The zero-order chi connectivity index (χ0) is 11.7. The predicted molar refractivity (Wildman–Crippen MR) is 40.4 cm³/mol. The Hall–Kier alpha value is -0.480. The molecule has 0 aliphatic rings. The van der Waals surface area contributed by atoms with Crippen LogP contribution in [0.1, 0.15) is 12.5 Å². The molecule has 0 radical (unpaired) electrons. The Kier molecular flexibility index (Phi) is 1.19. The number of methoxy groups -OCH3 is 1. The van der Waals surface area contributed by atoms with Crippen molar-refractivity contribution in [3.05, 3.63) is 22.7 Å². The summed E-state index contributed by atoms with van der Waals surface area (Å²) in [5.41, 5.74) is -0.201. The normalized spacial score (nSPS) is 19.9. The first-order valence-corrected chi connectivity index (χ1v) is 3.18. The highest BCUT2D eigenvalue weighted by molar-refractivity contribution is 9.10. The second kappa shape index (κ2) is 3.63. The molecule has 1 aromatic heterocycles. The predicted octanol–water partition coefficient (Wildman–Crippen LogP) is 1.39. The van der Waals surface area contributed by atoms with E-state index in [-0.39, 0.29) is 5.69 Å². The van der Waals surface area contributed by atoms with Crippen LogP contribution in [-0.2, 0) is 11.3 Å².